The predicted octanol–water partition coefficient (Wildman–Crippen LogP) is 1.38. The number of amides is 1. The molecule has 3 N–H and O–H groups in total. The van der Waals surface area contributed by atoms with Gasteiger partial charge in [-0.25, -0.2) is 17.5 Å². The Morgan fingerprint density at radius 3 is 2.61 bits per heavy atom. The number of anilines is 1. The SMILES string of the molecule is CC(C)c1cc(C(=O)NS(=O)(=O)c2cccc(F)c2N)nn1C. The zero-order chi connectivity index (χ0) is 17.4. The topological polar surface area (TPSA) is 107 Å². The van der Waals surface area contributed by atoms with Crippen LogP contribution in [0.3, 0.4) is 0 Å². The molecule has 0 aliphatic heterocycles. The molecule has 1 heterocycles. The van der Waals surface area contributed by atoms with Crippen molar-refractivity contribution < 1.29 is 17.6 Å². The Bertz CT molecular complexity index is 859. The third-order valence-electron chi connectivity index (χ3n) is 3.27. The third kappa shape index (κ3) is 3.34. The van der Waals surface area contributed by atoms with E-state index < -0.39 is 32.3 Å². The van der Waals surface area contributed by atoms with Gasteiger partial charge in [0, 0.05) is 12.7 Å². The van der Waals surface area contributed by atoms with Crippen molar-refractivity contribution in [1.82, 2.24) is 14.5 Å². The summed E-state index contributed by atoms with van der Waals surface area (Å²) in [7, 11) is -2.64. The average molecular weight is 340 g/mol. The number of para-hydroxylation sites is 1. The number of hydrogen-bond donors (Lipinski definition) is 2. The summed E-state index contributed by atoms with van der Waals surface area (Å²) in [5, 5.41) is 3.98. The van der Waals surface area contributed by atoms with Gasteiger partial charge in [-0.15, -0.1) is 0 Å². The second kappa shape index (κ2) is 5.99. The number of carbonyl (C=O) groups excluding carboxylic acids is 1. The second-order valence-corrected chi connectivity index (χ2v) is 6.97. The number of nitrogens with zero attached hydrogens (tertiary/aromatic N) is 2. The fourth-order valence-electron chi connectivity index (χ4n) is 2.11. The van der Waals surface area contributed by atoms with Gasteiger partial charge in [0.2, 0.25) is 0 Å². The Labute approximate surface area is 133 Å². The zero-order valence-electron chi connectivity index (χ0n) is 12.9. The van der Waals surface area contributed by atoms with Crippen LogP contribution in [0.2, 0.25) is 0 Å². The Morgan fingerprint density at radius 2 is 2.04 bits per heavy atom. The minimum Gasteiger partial charge on any atom is -0.395 e. The number of aryl methyl sites for hydroxylation is 1. The molecule has 0 atom stereocenters. The van der Waals surface area contributed by atoms with Crippen molar-refractivity contribution in [1.29, 1.82) is 0 Å². The summed E-state index contributed by atoms with van der Waals surface area (Å²) in [4.78, 5) is 11.6. The van der Waals surface area contributed by atoms with E-state index in [1.54, 1.807) is 7.05 Å². The minimum absolute atomic E-state index is 0.0465. The monoisotopic (exact) mass is 340 g/mol. The number of nitrogen functional groups attached to an aromatic ring is 1. The molecule has 2 aromatic rings. The van der Waals surface area contributed by atoms with E-state index in [0.717, 1.165) is 17.8 Å². The molecule has 0 saturated heterocycles. The highest BCUT2D eigenvalue weighted by Gasteiger charge is 2.24. The van der Waals surface area contributed by atoms with E-state index in [9.17, 15) is 17.6 Å². The van der Waals surface area contributed by atoms with E-state index in [1.807, 2.05) is 18.6 Å². The van der Waals surface area contributed by atoms with E-state index in [1.165, 1.54) is 16.8 Å². The van der Waals surface area contributed by atoms with E-state index in [-0.39, 0.29) is 11.6 Å². The maximum absolute atomic E-state index is 13.4. The quantitative estimate of drug-likeness (QED) is 0.818. The first-order valence-electron chi connectivity index (χ1n) is 6.78. The second-order valence-electron chi connectivity index (χ2n) is 5.32. The van der Waals surface area contributed by atoms with Crippen LogP contribution in [0.15, 0.2) is 29.2 Å². The van der Waals surface area contributed by atoms with Crippen LogP contribution in [0.5, 0.6) is 0 Å². The number of nitrogens with one attached hydrogen (secondary N) is 1. The first kappa shape index (κ1) is 16.9. The summed E-state index contributed by atoms with van der Waals surface area (Å²) in [5.41, 5.74) is 5.61. The zero-order valence-corrected chi connectivity index (χ0v) is 13.7. The van der Waals surface area contributed by atoms with Crippen LogP contribution in [-0.4, -0.2) is 24.1 Å². The molecule has 23 heavy (non-hydrogen) atoms. The largest absolute Gasteiger partial charge is 0.395 e. The molecule has 1 amide bonds. The molecule has 0 saturated carbocycles. The highest BCUT2D eigenvalue weighted by molar-refractivity contribution is 7.90. The van der Waals surface area contributed by atoms with Crippen molar-refractivity contribution in [3.8, 4) is 0 Å². The summed E-state index contributed by atoms with van der Waals surface area (Å²) < 4.78 is 41.1. The molecule has 124 valence electrons. The van der Waals surface area contributed by atoms with Gasteiger partial charge in [-0.05, 0) is 24.1 Å². The molecule has 0 aliphatic rings. The summed E-state index contributed by atoms with van der Waals surface area (Å²) in [5.74, 6) is -1.67. The molecule has 1 aromatic heterocycles. The first-order valence-corrected chi connectivity index (χ1v) is 8.27. The molecule has 0 radical (unpaired) electrons. The lowest BCUT2D eigenvalue weighted by molar-refractivity contribution is 0.0976. The van der Waals surface area contributed by atoms with Crippen LogP contribution in [0.4, 0.5) is 10.1 Å². The van der Waals surface area contributed by atoms with Gasteiger partial charge in [0.1, 0.15) is 10.7 Å². The van der Waals surface area contributed by atoms with Crippen molar-refractivity contribution in [3.05, 3.63) is 41.5 Å². The molecule has 0 fully saturated rings. The summed E-state index contributed by atoms with van der Waals surface area (Å²) in [6.07, 6.45) is 0. The molecule has 7 nitrogen and oxygen atoms in total. The standard InChI is InChI=1S/C14H17FN4O3S/c1-8(2)11-7-10(17-19(11)3)14(20)18-23(21,22)12-6-4-5-9(15)13(12)16/h4-8H,16H2,1-3H3,(H,18,20). The Hall–Kier alpha value is -2.42. The number of nitrogens with two attached hydrogens (primary N) is 1. The van der Waals surface area contributed by atoms with Gasteiger partial charge in [-0.2, -0.15) is 5.10 Å². The molecule has 0 spiro atoms. The molecular formula is C14H17FN4O3S. The molecule has 1 aromatic carbocycles. The summed E-state index contributed by atoms with van der Waals surface area (Å²) >= 11 is 0. The fraction of sp³-hybridized carbons (Fsp3) is 0.286. The number of rotatable bonds is 4. The maximum atomic E-state index is 13.4. The lowest BCUT2D eigenvalue weighted by Crippen LogP contribution is -2.31. The number of halogens is 1. The van der Waals surface area contributed by atoms with E-state index in [0.29, 0.717) is 0 Å². The van der Waals surface area contributed by atoms with Gasteiger partial charge < -0.3 is 5.73 Å². The van der Waals surface area contributed by atoms with Gasteiger partial charge in [0.15, 0.2) is 5.69 Å². The molecule has 0 bridgehead atoms. The fourth-order valence-corrected chi connectivity index (χ4v) is 3.22. The van der Waals surface area contributed by atoms with Crippen LogP contribution in [0.25, 0.3) is 0 Å². The van der Waals surface area contributed by atoms with Crippen molar-refractivity contribution in [2.75, 3.05) is 5.73 Å². The maximum Gasteiger partial charge on any atom is 0.285 e. The minimum atomic E-state index is -4.30. The van der Waals surface area contributed by atoms with Gasteiger partial charge in [-0.3, -0.25) is 9.48 Å². The van der Waals surface area contributed by atoms with Gasteiger partial charge >= 0.3 is 0 Å². The van der Waals surface area contributed by atoms with Crippen molar-refractivity contribution in [2.45, 2.75) is 24.7 Å². The highest BCUT2D eigenvalue weighted by Crippen LogP contribution is 2.21. The van der Waals surface area contributed by atoms with Gasteiger partial charge in [0.05, 0.1) is 5.69 Å². The summed E-state index contributed by atoms with van der Waals surface area (Å²) in [6.45, 7) is 3.84. The Balaban J connectivity index is 2.32. The van der Waals surface area contributed by atoms with E-state index in [4.69, 9.17) is 5.73 Å². The van der Waals surface area contributed by atoms with Crippen LogP contribution < -0.4 is 10.5 Å². The van der Waals surface area contributed by atoms with Crippen LogP contribution in [0, 0.1) is 5.82 Å². The van der Waals surface area contributed by atoms with E-state index >= 15 is 0 Å². The molecule has 0 aliphatic carbocycles. The molecule has 2 rings (SSSR count). The van der Waals surface area contributed by atoms with E-state index in [2.05, 4.69) is 5.10 Å². The third-order valence-corrected chi connectivity index (χ3v) is 4.66. The lowest BCUT2D eigenvalue weighted by atomic mass is 10.1. The number of sulfonamides is 1. The van der Waals surface area contributed by atoms with Crippen molar-refractivity contribution in [3.63, 3.8) is 0 Å². The van der Waals surface area contributed by atoms with Gasteiger partial charge in [0.25, 0.3) is 15.9 Å². The Morgan fingerprint density at radius 1 is 1.39 bits per heavy atom. The van der Waals surface area contributed by atoms with Gasteiger partial charge in [-0.1, -0.05) is 19.9 Å². The summed E-state index contributed by atoms with van der Waals surface area (Å²) in [6, 6.07) is 4.85. The molecular weight excluding hydrogens is 323 g/mol. The number of aromatic nitrogens is 2. The van der Waals surface area contributed by atoms with Crippen LogP contribution >= 0.6 is 0 Å². The smallest absolute Gasteiger partial charge is 0.285 e. The molecule has 9 heteroatoms. The van der Waals surface area contributed by atoms with Crippen LogP contribution in [0.1, 0.15) is 35.9 Å². The number of hydrogen-bond acceptors (Lipinski definition) is 5. The van der Waals surface area contributed by atoms with Crippen molar-refractivity contribution >= 4 is 21.6 Å². The average Bonchev–Trinajstić information content (AvgIpc) is 2.83. The number of carbonyl (C=O) groups is 1. The Kier molecular flexibility index (Phi) is 4.42. The van der Waals surface area contributed by atoms with Crippen LogP contribution in [-0.2, 0) is 17.1 Å². The highest BCUT2D eigenvalue weighted by atomic mass is 32.2. The normalized spacial score (nSPS) is 11.7. The predicted molar refractivity (Wildman–Crippen MR) is 82.8 cm³/mol. The lowest BCUT2D eigenvalue weighted by Gasteiger charge is -2.08. The number of benzene rings is 1. The molecule has 0 unspecified atom stereocenters. The first-order chi connectivity index (χ1) is 10.6. The van der Waals surface area contributed by atoms with Crippen molar-refractivity contribution in [2.24, 2.45) is 7.05 Å².